The second-order valence-electron chi connectivity index (χ2n) is 6.33. The third-order valence-electron chi connectivity index (χ3n) is 4.03. The van der Waals surface area contributed by atoms with Gasteiger partial charge >= 0.3 is 5.69 Å². The van der Waals surface area contributed by atoms with Gasteiger partial charge in [-0.1, -0.05) is 39.3 Å². The normalized spacial score (nSPS) is 10.8. The van der Waals surface area contributed by atoms with Crippen molar-refractivity contribution in [3.05, 3.63) is 46.3 Å². The first-order chi connectivity index (χ1) is 11.9. The molecule has 1 aromatic heterocycles. The number of benzene rings is 1. The van der Waals surface area contributed by atoms with Crippen LogP contribution in [0.1, 0.15) is 45.1 Å². The minimum atomic E-state index is -0.428. The van der Waals surface area contributed by atoms with Crippen LogP contribution in [0.15, 0.2) is 30.6 Å². The Kier molecular flexibility index (Phi) is 6.27. The second-order valence-corrected chi connectivity index (χ2v) is 6.33. The predicted octanol–water partition coefficient (Wildman–Crippen LogP) is 4.49. The van der Waals surface area contributed by atoms with Gasteiger partial charge in [0.25, 0.3) is 0 Å². The van der Waals surface area contributed by atoms with Gasteiger partial charge in [0.15, 0.2) is 0 Å². The minimum absolute atomic E-state index is 0.103. The summed E-state index contributed by atoms with van der Waals surface area (Å²) in [6, 6.07) is 7.83. The van der Waals surface area contributed by atoms with Crippen molar-refractivity contribution in [1.29, 1.82) is 0 Å². The van der Waals surface area contributed by atoms with Crippen LogP contribution in [0.4, 0.5) is 23.0 Å². The molecule has 0 radical (unpaired) electrons. The van der Waals surface area contributed by atoms with Gasteiger partial charge in [-0.3, -0.25) is 10.1 Å². The Morgan fingerprint density at radius 2 is 1.92 bits per heavy atom. The molecule has 7 heteroatoms. The molecular formula is C18H25N5O2. The highest BCUT2D eigenvalue weighted by Crippen LogP contribution is 2.33. The quantitative estimate of drug-likeness (QED) is 0.561. The van der Waals surface area contributed by atoms with Crippen LogP contribution in [-0.4, -0.2) is 28.5 Å². The third-order valence-corrected chi connectivity index (χ3v) is 4.03. The maximum Gasteiger partial charge on any atom is 0.353 e. The van der Waals surface area contributed by atoms with Crippen molar-refractivity contribution in [3.63, 3.8) is 0 Å². The van der Waals surface area contributed by atoms with E-state index in [0.717, 1.165) is 18.5 Å². The summed E-state index contributed by atoms with van der Waals surface area (Å²) in [5.41, 5.74) is 1.87. The molecule has 134 valence electrons. The molecule has 0 amide bonds. The van der Waals surface area contributed by atoms with Crippen LogP contribution >= 0.6 is 0 Å². The first-order valence-corrected chi connectivity index (χ1v) is 8.51. The lowest BCUT2D eigenvalue weighted by Crippen LogP contribution is -2.21. The molecule has 2 aromatic rings. The highest BCUT2D eigenvalue weighted by molar-refractivity contribution is 5.74. The van der Waals surface area contributed by atoms with Crippen molar-refractivity contribution in [2.75, 3.05) is 23.8 Å². The summed E-state index contributed by atoms with van der Waals surface area (Å²) in [4.78, 5) is 21.2. The van der Waals surface area contributed by atoms with Gasteiger partial charge in [0.05, 0.1) is 4.92 Å². The van der Waals surface area contributed by atoms with E-state index in [1.807, 2.05) is 31.3 Å². The highest BCUT2D eigenvalue weighted by atomic mass is 16.6. The molecular weight excluding hydrogens is 318 g/mol. The first-order valence-electron chi connectivity index (χ1n) is 8.51. The standard InChI is InChI=1S/C18H25N5O2/c1-5-6-11-22(4)18-16(23(24)25)17(19-12-20-18)21-15-9-7-14(8-10-15)13(2)3/h7-10,12-13H,5-6,11H2,1-4H3,(H,19,20,21). The van der Waals surface area contributed by atoms with E-state index in [1.54, 1.807) is 4.90 Å². The Morgan fingerprint density at radius 1 is 1.24 bits per heavy atom. The molecule has 0 bridgehead atoms. The van der Waals surface area contributed by atoms with Crippen LogP contribution in [0.3, 0.4) is 0 Å². The monoisotopic (exact) mass is 343 g/mol. The Bertz CT molecular complexity index is 716. The molecule has 0 aliphatic carbocycles. The van der Waals surface area contributed by atoms with Crippen LogP contribution in [0.5, 0.6) is 0 Å². The minimum Gasteiger partial charge on any atom is -0.354 e. The summed E-state index contributed by atoms with van der Waals surface area (Å²) in [6.07, 6.45) is 3.31. The number of nitrogens with zero attached hydrogens (tertiary/aromatic N) is 4. The van der Waals surface area contributed by atoms with E-state index in [2.05, 4.69) is 36.1 Å². The maximum atomic E-state index is 11.6. The van der Waals surface area contributed by atoms with Gasteiger partial charge in [0, 0.05) is 19.3 Å². The summed E-state index contributed by atoms with van der Waals surface area (Å²) >= 11 is 0. The van der Waals surface area contributed by atoms with E-state index in [9.17, 15) is 10.1 Å². The van der Waals surface area contributed by atoms with E-state index >= 15 is 0 Å². The van der Waals surface area contributed by atoms with Gasteiger partial charge in [-0.25, -0.2) is 9.97 Å². The largest absolute Gasteiger partial charge is 0.354 e. The van der Waals surface area contributed by atoms with Crippen molar-refractivity contribution in [2.24, 2.45) is 0 Å². The molecule has 0 aliphatic heterocycles. The number of nitrogens with one attached hydrogen (secondary N) is 1. The fourth-order valence-corrected chi connectivity index (χ4v) is 2.50. The molecule has 1 aromatic carbocycles. The molecule has 0 saturated carbocycles. The topological polar surface area (TPSA) is 84.2 Å². The van der Waals surface area contributed by atoms with Crippen LogP contribution in [-0.2, 0) is 0 Å². The number of rotatable bonds is 8. The lowest BCUT2D eigenvalue weighted by atomic mass is 10.0. The van der Waals surface area contributed by atoms with Crippen molar-refractivity contribution in [3.8, 4) is 0 Å². The second kappa shape index (κ2) is 8.41. The summed E-state index contributed by atoms with van der Waals surface area (Å²) in [6.45, 7) is 7.03. The number of nitro groups is 1. The Labute approximate surface area is 148 Å². The van der Waals surface area contributed by atoms with E-state index in [1.165, 1.54) is 11.9 Å². The molecule has 7 nitrogen and oxygen atoms in total. The predicted molar refractivity (Wildman–Crippen MR) is 101 cm³/mol. The van der Waals surface area contributed by atoms with Crippen molar-refractivity contribution in [1.82, 2.24) is 9.97 Å². The maximum absolute atomic E-state index is 11.6. The zero-order valence-electron chi connectivity index (χ0n) is 15.2. The van der Waals surface area contributed by atoms with Crippen molar-refractivity contribution >= 4 is 23.0 Å². The Hall–Kier alpha value is -2.70. The number of aromatic nitrogens is 2. The van der Waals surface area contributed by atoms with Crippen LogP contribution in [0, 0.1) is 10.1 Å². The summed E-state index contributed by atoms with van der Waals surface area (Å²) in [7, 11) is 1.81. The van der Waals surface area contributed by atoms with Gasteiger partial charge in [-0.05, 0) is 30.0 Å². The SMILES string of the molecule is CCCCN(C)c1ncnc(Nc2ccc(C(C)C)cc2)c1[N+](=O)[O-]. The lowest BCUT2D eigenvalue weighted by molar-refractivity contribution is -0.383. The van der Waals surface area contributed by atoms with Crippen molar-refractivity contribution in [2.45, 2.75) is 39.5 Å². The summed E-state index contributed by atoms with van der Waals surface area (Å²) < 4.78 is 0. The van der Waals surface area contributed by atoms with Gasteiger partial charge in [-0.15, -0.1) is 0 Å². The van der Waals surface area contributed by atoms with E-state index in [4.69, 9.17) is 0 Å². The molecule has 2 rings (SSSR count). The van der Waals surface area contributed by atoms with Gasteiger partial charge < -0.3 is 10.2 Å². The van der Waals surface area contributed by atoms with E-state index < -0.39 is 4.92 Å². The van der Waals surface area contributed by atoms with Gasteiger partial charge in [0.1, 0.15) is 6.33 Å². The molecule has 1 N–H and O–H groups in total. The average Bonchev–Trinajstić information content (AvgIpc) is 2.59. The smallest absolute Gasteiger partial charge is 0.353 e. The zero-order chi connectivity index (χ0) is 18.4. The Balaban J connectivity index is 2.32. The number of hydrogen-bond donors (Lipinski definition) is 1. The molecule has 0 aliphatic rings. The van der Waals surface area contributed by atoms with Gasteiger partial charge in [-0.2, -0.15) is 0 Å². The number of anilines is 3. The first kappa shape index (κ1) is 18.6. The number of hydrogen-bond acceptors (Lipinski definition) is 6. The lowest BCUT2D eigenvalue weighted by Gasteiger charge is -2.18. The molecule has 0 atom stereocenters. The van der Waals surface area contributed by atoms with E-state index in [-0.39, 0.29) is 11.5 Å². The highest BCUT2D eigenvalue weighted by Gasteiger charge is 2.25. The molecule has 0 fully saturated rings. The summed E-state index contributed by atoms with van der Waals surface area (Å²) in [5.74, 6) is 0.964. The molecule has 25 heavy (non-hydrogen) atoms. The molecule has 0 saturated heterocycles. The van der Waals surface area contributed by atoms with Crippen molar-refractivity contribution < 1.29 is 4.92 Å². The zero-order valence-corrected chi connectivity index (χ0v) is 15.2. The average molecular weight is 343 g/mol. The van der Waals surface area contributed by atoms with Gasteiger partial charge in [0.2, 0.25) is 11.6 Å². The Morgan fingerprint density at radius 3 is 2.48 bits per heavy atom. The fourth-order valence-electron chi connectivity index (χ4n) is 2.50. The van der Waals surface area contributed by atoms with E-state index in [0.29, 0.717) is 18.3 Å². The fraction of sp³-hybridized carbons (Fsp3) is 0.444. The summed E-state index contributed by atoms with van der Waals surface area (Å²) in [5, 5.41) is 14.7. The molecule has 0 unspecified atom stereocenters. The van der Waals surface area contributed by atoms with Crippen LogP contribution in [0.2, 0.25) is 0 Å². The molecule has 1 heterocycles. The third kappa shape index (κ3) is 4.65. The number of unbranched alkanes of at least 4 members (excludes halogenated alkanes) is 1. The van der Waals surface area contributed by atoms with Crippen LogP contribution in [0.25, 0.3) is 0 Å². The molecule has 0 spiro atoms. The van der Waals surface area contributed by atoms with Crippen LogP contribution < -0.4 is 10.2 Å².